The van der Waals surface area contributed by atoms with Crippen molar-refractivity contribution >= 4 is 11.6 Å². The van der Waals surface area contributed by atoms with E-state index in [-0.39, 0.29) is 11.9 Å². The summed E-state index contributed by atoms with van der Waals surface area (Å²) in [7, 11) is 1.66. The third-order valence-corrected chi connectivity index (χ3v) is 4.32. The van der Waals surface area contributed by atoms with Gasteiger partial charge in [0.15, 0.2) is 0 Å². The van der Waals surface area contributed by atoms with Crippen LogP contribution in [0.15, 0.2) is 36.9 Å². The molecule has 0 spiro atoms. The van der Waals surface area contributed by atoms with Gasteiger partial charge in [-0.1, -0.05) is 18.2 Å². The summed E-state index contributed by atoms with van der Waals surface area (Å²) in [6.07, 6.45) is 5.55. The monoisotopic (exact) mass is 301 g/mol. The minimum atomic E-state index is 0.0647. The smallest absolute Gasteiger partial charge is 0.219 e. The molecule has 0 bridgehead atoms. The van der Waals surface area contributed by atoms with Gasteiger partial charge in [0.25, 0.3) is 0 Å². The zero-order chi connectivity index (χ0) is 15.8. The Balaban J connectivity index is 1.88. The molecule has 1 fully saturated rings. The Morgan fingerprint density at radius 2 is 2.05 bits per heavy atom. The first-order valence-electron chi connectivity index (χ1n) is 8.13. The first kappa shape index (κ1) is 16.6. The van der Waals surface area contributed by atoms with E-state index in [0.717, 1.165) is 25.2 Å². The topological polar surface area (TPSA) is 53.2 Å². The summed E-state index contributed by atoms with van der Waals surface area (Å²) in [5.74, 6) is 0.744. The van der Waals surface area contributed by atoms with E-state index in [4.69, 9.17) is 0 Å². The Bertz CT molecular complexity index is 478. The minimum absolute atomic E-state index is 0.0647. The number of hydrogen-bond donors (Lipinski definition) is 3. The van der Waals surface area contributed by atoms with Crippen LogP contribution in [0.25, 0.3) is 0 Å². The van der Waals surface area contributed by atoms with Crippen molar-refractivity contribution < 1.29 is 4.79 Å². The van der Waals surface area contributed by atoms with E-state index in [1.807, 2.05) is 6.08 Å². The number of amides is 1. The predicted molar refractivity (Wildman–Crippen MR) is 92.2 cm³/mol. The molecule has 0 saturated carbocycles. The summed E-state index contributed by atoms with van der Waals surface area (Å²) < 4.78 is 0. The normalized spacial score (nSPS) is 16.8. The summed E-state index contributed by atoms with van der Waals surface area (Å²) in [5, 5.41) is 9.48. The first-order chi connectivity index (χ1) is 10.7. The number of rotatable bonds is 7. The van der Waals surface area contributed by atoms with Gasteiger partial charge in [-0.3, -0.25) is 4.79 Å². The molecule has 1 atom stereocenters. The second-order valence-corrected chi connectivity index (χ2v) is 5.84. The lowest BCUT2D eigenvalue weighted by molar-refractivity contribution is -0.120. The molecule has 22 heavy (non-hydrogen) atoms. The Kier molecular flexibility index (Phi) is 6.46. The van der Waals surface area contributed by atoms with Crippen molar-refractivity contribution in [2.45, 2.75) is 37.6 Å². The highest BCUT2D eigenvalue weighted by atomic mass is 16.1. The van der Waals surface area contributed by atoms with Gasteiger partial charge in [-0.05, 0) is 56.0 Å². The average Bonchev–Trinajstić information content (AvgIpc) is 2.59. The Morgan fingerprint density at radius 1 is 1.36 bits per heavy atom. The van der Waals surface area contributed by atoms with Crippen LogP contribution in [0.1, 0.15) is 37.2 Å². The molecule has 0 aliphatic carbocycles. The summed E-state index contributed by atoms with van der Waals surface area (Å²) in [5.41, 5.74) is 2.51. The average molecular weight is 301 g/mol. The highest BCUT2D eigenvalue weighted by Gasteiger charge is 2.15. The molecule has 4 heteroatoms. The van der Waals surface area contributed by atoms with E-state index in [1.165, 1.54) is 18.4 Å². The van der Waals surface area contributed by atoms with Crippen molar-refractivity contribution in [2.75, 3.05) is 25.5 Å². The van der Waals surface area contributed by atoms with Crippen LogP contribution in [0.5, 0.6) is 0 Å². The van der Waals surface area contributed by atoms with Crippen molar-refractivity contribution in [2.24, 2.45) is 0 Å². The molecular formula is C18H27N3O. The van der Waals surface area contributed by atoms with Gasteiger partial charge < -0.3 is 16.0 Å². The van der Waals surface area contributed by atoms with Gasteiger partial charge in [0.2, 0.25) is 5.91 Å². The fourth-order valence-electron chi connectivity index (χ4n) is 2.88. The fraction of sp³-hybridized carbons (Fsp3) is 0.500. The number of carbonyl (C=O) groups excluding carboxylic acids is 1. The van der Waals surface area contributed by atoms with Crippen LogP contribution < -0.4 is 16.0 Å². The van der Waals surface area contributed by atoms with Gasteiger partial charge in [-0.2, -0.15) is 0 Å². The highest BCUT2D eigenvalue weighted by molar-refractivity contribution is 5.75. The zero-order valence-corrected chi connectivity index (χ0v) is 13.4. The molecule has 1 unspecified atom stereocenters. The number of carbonyl (C=O) groups is 1. The molecule has 0 aromatic heterocycles. The standard InChI is InChI=1S/C18H27N3O/c1-3-16(8-9-18(22)19-2)21-17-6-4-14(5-7-17)15-10-12-20-13-11-15/h3-7,15-16,20-21H,1,8-13H2,2H3,(H,19,22). The Labute approximate surface area is 133 Å². The lowest BCUT2D eigenvalue weighted by Gasteiger charge is -2.23. The fourth-order valence-corrected chi connectivity index (χ4v) is 2.88. The van der Waals surface area contributed by atoms with Crippen molar-refractivity contribution in [1.29, 1.82) is 0 Å². The SMILES string of the molecule is C=CC(CCC(=O)NC)Nc1ccc(C2CCNCC2)cc1. The van der Waals surface area contributed by atoms with Crippen LogP contribution in [0.3, 0.4) is 0 Å². The summed E-state index contributed by atoms with van der Waals surface area (Å²) in [6.45, 7) is 6.08. The van der Waals surface area contributed by atoms with E-state index in [9.17, 15) is 4.79 Å². The van der Waals surface area contributed by atoms with Gasteiger partial charge >= 0.3 is 0 Å². The van der Waals surface area contributed by atoms with Crippen LogP contribution in [0.2, 0.25) is 0 Å². The number of piperidine rings is 1. The van der Waals surface area contributed by atoms with Crippen LogP contribution in [0.4, 0.5) is 5.69 Å². The molecular weight excluding hydrogens is 274 g/mol. The molecule has 2 rings (SSSR count). The molecule has 1 aromatic carbocycles. The third-order valence-electron chi connectivity index (χ3n) is 4.32. The molecule has 1 aliphatic heterocycles. The summed E-state index contributed by atoms with van der Waals surface area (Å²) in [6, 6.07) is 8.82. The van der Waals surface area contributed by atoms with Crippen molar-refractivity contribution in [1.82, 2.24) is 10.6 Å². The molecule has 1 aliphatic rings. The third kappa shape index (κ3) is 4.88. The second kappa shape index (κ2) is 8.59. The molecule has 1 amide bonds. The molecule has 1 saturated heterocycles. The maximum Gasteiger partial charge on any atom is 0.219 e. The van der Waals surface area contributed by atoms with Crippen LogP contribution in [-0.4, -0.2) is 32.1 Å². The largest absolute Gasteiger partial charge is 0.379 e. The van der Waals surface area contributed by atoms with Gasteiger partial charge in [0, 0.05) is 25.2 Å². The van der Waals surface area contributed by atoms with E-state index < -0.39 is 0 Å². The van der Waals surface area contributed by atoms with Gasteiger partial charge in [0.1, 0.15) is 0 Å². The molecule has 1 heterocycles. The van der Waals surface area contributed by atoms with E-state index >= 15 is 0 Å². The lowest BCUT2D eigenvalue weighted by atomic mass is 9.90. The Morgan fingerprint density at radius 3 is 2.64 bits per heavy atom. The van der Waals surface area contributed by atoms with Crippen molar-refractivity contribution in [3.8, 4) is 0 Å². The number of nitrogens with one attached hydrogen (secondary N) is 3. The molecule has 4 nitrogen and oxygen atoms in total. The Hall–Kier alpha value is -1.81. The molecule has 0 radical (unpaired) electrons. The zero-order valence-electron chi connectivity index (χ0n) is 13.4. The summed E-state index contributed by atoms with van der Waals surface area (Å²) in [4.78, 5) is 11.3. The molecule has 3 N–H and O–H groups in total. The maximum absolute atomic E-state index is 11.3. The van der Waals surface area contributed by atoms with Crippen LogP contribution in [0, 0.1) is 0 Å². The van der Waals surface area contributed by atoms with Crippen molar-refractivity contribution in [3.63, 3.8) is 0 Å². The van der Waals surface area contributed by atoms with Crippen LogP contribution >= 0.6 is 0 Å². The predicted octanol–water partition coefficient (Wildman–Crippen LogP) is 2.65. The van der Waals surface area contributed by atoms with Crippen molar-refractivity contribution in [3.05, 3.63) is 42.5 Å². The van der Waals surface area contributed by atoms with Gasteiger partial charge in [-0.25, -0.2) is 0 Å². The number of benzene rings is 1. The van der Waals surface area contributed by atoms with E-state index in [1.54, 1.807) is 7.05 Å². The first-order valence-corrected chi connectivity index (χ1v) is 8.13. The van der Waals surface area contributed by atoms with Gasteiger partial charge in [0.05, 0.1) is 0 Å². The number of hydrogen-bond acceptors (Lipinski definition) is 3. The maximum atomic E-state index is 11.3. The van der Waals surface area contributed by atoms with Crippen LogP contribution in [-0.2, 0) is 4.79 Å². The quantitative estimate of drug-likeness (QED) is 0.679. The minimum Gasteiger partial charge on any atom is -0.379 e. The van der Waals surface area contributed by atoms with E-state index in [0.29, 0.717) is 12.3 Å². The number of anilines is 1. The highest BCUT2D eigenvalue weighted by Crippen LogP contribution is 2.26. The lowest BCUT2D eigenvalue weighted by Crippen LogP contribution is -2.26. The summed E-state index contributed by atoms with van der Waals surface area (Å²) >= 11 is 0. The van der Waals surface area contributed by atoms with E-state index in [2.05, 4.69) is 46.8 Å². The van der Waals surface area contributed by atoms with Gasteiger partial charge in [-0.15, -0.1) is 6.58 Å². The molecule has 1 aromatic rings. The second-order valence-electron chi connectivity index (χ2n) is 5.84. The molecule has 120 valence electrons.